The second kappa shape index (κ2) is 13.3. The summed E-state index contributed by atoms with van der Waals surface area (Å²) in [6.07, 6.45) is 2.29. The van der Waals surface area contributed by atoms with Crippen LogP contribution in [0.25, 0.3) is 0 Å². The molecule has 0 spiro atoms. The molecule has 2 atom stereocenters. The second-order valence-electron chi connectivity index (χ2n) is 7.57. The number of carbonyl (C=O) groups is 4. The quantitative estimate of drug-likeness (QED) is 0.361. The summed E-state index contributed by atoms with van der Waals surface area (Å²) < 4.78 is 1.15. The van der Waals surface area contributed by atoms with Gasteiger partial charge in [-0.15, -0.1) is 11.8 Å². The first-order chi connectivity index (χ1) is 16.2. The smallest absolute Gasteiger partial charge is 0.305 e. The van der Waals surface area contributed by atoms with E-state index in [2.05, 4.69) is 15.6 Å². The van der Waals surface area contributed by atoms with E-state index in [1.165, 1.54) is 31.1 Å². The van der Waals surface area contributed by atoms with Gasteiger partial charge in [-0.25, -0.2) is 4.98 Å². The van der Waals surface area contributed by atoms with E-state index in [1.54, 1.807) is 6.92 Å². The molecule has 1 aromatic carbocycles. The Labute approximate surface area is 201 Å². The lowest BCUT2D eigenvalue weighted by Crippen LogP contribution is -2.47. The maximum atomic E-state index is 13.0. The molecule has 0 saturated carbocycles. The lowest BCUT2D eigenvalue weighted by molar-refractivity contribution is -0.140. The molecular weight excluding hydrogens is 460 g/mol. The first-order valence-electron chi connectivity index (χ1n) is 10.7. The number of thioether (sulfide) groups is 1. The van der Waals surface area contributed by atoms with Gasteiger partial charge in [-0.2, -0.15) is 0 Å². The van der Waals surface area contributed by atoms with Crippen LogP contribution in [0.4, 0.5) is 5.82 Å². The third-order valence-electron chi connectivity index (χ3n) is 4.84. The van der Waals surface area contributed by atoms with Gasteiger partial charge in [-0.1, -0.05) is 37.3 Å². The van der Waals surface area contributed by atoms with Crippen molar-refractivity contribution >= 4 is 41.0 Å². The van der Waals surface area contributed by atoms with Gasteiger partial charge in [0.15, 0.2) is 11.6 Å². The monoisotopic (exact) mass is 488 g/mol. The molecule has 11 heteroatoms. The molecule has 10 nitrogen and oxygen atoms in total. The minimum atomic E-state index is -1.23. The Morgan fingerprint density at radius 2 is 1.88 bits per heavy atom. The predicted molar refractivity (Wildman–Crippen MR) is 129 cm³/mol. The third-order valence-corrected chi connectivity index (χ3v) is 5.86. The Morgan fingerprint density at radius 3 is 2.50 bits per heavy atom. The van der Waals surface area contributed by atoms with Gasteiger partial charge in [0.1, 0.15) is 11.8 Å². The molecule has 2 aromatic rings. The van der Waals surface area contributed by atoms with Crippen LogP contribution in [-0.2, 0) is 24.9 Å². The van der Waals surface area contributed by atoms with E-state index in [1.807, 2.05) is 30.3 Å². The normalized spacial score (nSPS) is 12.4. The van der Waals surface area contributed by atoms with Crippen LogP contribution in [0, 0.1) is 0 Å². The number of anilines is 1. The number of Topliss-reactive ketones (excluding diaryl/α,β-unsaturated/α-hetero) is 2. The first-order valence-corrected chi connectivity index (χ1v) is 11.8. The summed E-state index contributed by atoms with van der Waals surface area (Å²) in [7, 11) is 0. The van der Waals surface area contributed by atoms with Crippen LogP contribution in [0.3, 0.4) is 0 Å². The summed E-state index contributed by atoms with van der Waals surface area (Å²) in [6, 6.07) is 7.29. The number of amides is 1. The number of nitrogens with zero attached hydrogens (tertiary/aromatic N) is 2. The van der Waals surface area contributed by atoms with E-state index in [0.717, 1.165) is 10.1 Å². The van der Waals surface area contributed by atoms with Crippen LogP contribution in [0.5, 0.6) is 0 Å². The zero-order chi connectivity index (χ0) is 25.1. The minimum Gasteiger partial charge on any atom is -0.481 e. The average molecular weight is 489 g/mol. The summed E-state index contributed by atoms with van der Waals surface area (Å²) in [5.74, 6) is -1.98. The van der Waals surface area contributed by atoms with Crippen molar-refractivity contribution in [3.63, 3.8) is 0 Å². The highest BCUT2D eigenvalue weighted by Crippen LogP contribution is 2.15. The SMILES string of the molecule is CCC(C(=O)N[C@@H](CC(=O)O)C(=O)CSCc1ccccc1)n1ccnc(NCC(C)=O)c1=O. The number of nitrogens with one attached hydrogen (secondary N) is 2. The molecule has 0 aliphatic heterocycles. The average Bonchev–Trinajstić information content (AvgIpc) is 2.79. The lowest BCUT2D eigenvalue weighted by atomic mass is 10.1. The van der Waals surface area contributed by atoms with E-state index in [0.29, 0.717) is 5.75 Å². The van der Waals surface area contributed by atoms with Gasteiger partial charge in [0.25, 0.3) is 5.56 Å². The summed E-state index contributed by atoms with van der Waals surface area (Å²) in [5, 5.41) is 14.4. The van der Waals surface area contributed by atoms with Crippen molar-refractivity contribution in [1.82, 2.24) is 14.9 Å². The molecule has 34 heavy (non-hydrogen) atoms. The number of ketones is 2. The number of hydrogen-bond acceptors (Lipinski definition) is 8. The Balaban J connectivity index is 2.11. The molecule has 0 radical (unpaired) electrons. The van der Waals surface area contributed by atoms with E-state index < -0.39 is 41.7 Å². The zero-order valence-electron chi connectivity index (χ0n) is 19.0. The predicted octanol–water partition coefficient (Wildman–Crippen LogP) is 1.66. The highest BCUT2D eigenvalue weighted by molar-refractivity contribution is 7.99. The number of aliphatic carboxylic acids is 1. The van der Waals surface area contributed by atoms with Gasteiger partial charge in [-0.3, -0.25) is 28.5 Å². The number of benzene rings is 1. The van der Waals surface area contributed by atoms with Gasteiger partial charge in [-0.05, 0) is 18.9 Å². The molecule has 0 aliphatic rings. The van der Waals surface area contributed by atoms with Gasteiger partial charge in [0.05, 0.1) is 24.8 Å². The summed E-state index contributed by atoms with van der Waals surface area (Å²) in [5.41, 5.74) is 0.418. The summed E-state index contributed by atoms with van der Waals surface area (Å²) in [6.45, 7) is 2.95. The first kappa shape index (κ1) is 26.8. The molecule has 0 fully saturated rings. The molecule has 0 bridgehead atoms. The molecule has 1 unspecified atom stereocenters. The fraction of sp³-hybridized carbons (Fsp3) is 0.391. The van der Waals surface area contributed by atoms with Gasteiger partial charge in [0.2, 0.25) is 5.91 Å². The summed E-state index contributed by atoms with van der Waals surface area (Å²) >= 11 is 1.33. The van der Waals surface area contributed by atoms with Crippen LogP contribution in [0.2, 0.25) is 0 Å². The fourth-order valence-corrected chi connectivity index (χ4v) is 4.07. The fourth-order valence-electron chi connectivity index (χ4n) is 3.14. The Hall–Kier alpha value is -3.47. The van der Waals surface area contributed by atoms with Gasteiger partial charge >= 0.3 is 5.97 Å². The highest BCUT2D eigenvalue weighted by Gasteiger charge is 2.28. The van der Waals surface area contributed by atoms with E-state index in [4.69, 9.17) is 0 Å². The van der Waals surface area contributed by atoms with Crippen LogP contribution in [0.15, 0.2) is 47.5 Å². The second-order valence-corrected chi connectivity index (χ2v) is 8.56. The topological polar surface area (TPSA) is 147 Å². The highest BCUT2D eigenvalue weighted by atomic mass is 32.2. The molecule has 1 aromatic heterocycles. The standard InChI is InChI=1S/C23H28N4O6S/c1-3-18(27-10-9-24-21(23(27)33)25-12-15(2)28)22(32)26-17(11-20(30)31)19(29)14-34-13-16-7-5-4-6-8-16/h4-10,17-18H,3,11-14H2,1-2H3,(H,24,25)(H,26,32)(H,30,31)/t17-,18?/m0/s1. The van der Waals surface area contributed by atoms with Crippen molar-refractivity contribution in [2.75, 3.05) is 17.6 Å². The Bertz CT molecular complexity index is 1070. The van der Waals surface area contributed by atoms with Crippen molar-refractivity contribution in [1.29, 1.82) is 0 Å². The molecule has 3 N–H and O–H groups in total. The van der Waals surface area contributed by atoms with Crippen molar-refractivity contribution < 1.29 is 24.3 Å². The van der Waals surface area contributed by atoms with Crippen LogP contribution in [-0.4, -0.2) is 56.4 Å². The van der Waals surface area contributed by atoms with Crippen LogP contribution in [0.1, 0.15) is 38.3 Å². The number of carboxylic acids is 1. The van der Waals surface area contributed by atoms with E-state index in [-0.39, 0.29) is 30.3 Å². The maximum Gasteiger partial charge on any atom is 0.305 e. The largest absolute Gasteiger partial charge is 0.481 e. The Morgan fingerprint density at radius 1 is 1.18 bits per heavy atom. The molecule has 1 amide bonds. The van der Waals surface area contributed by atoms with E-state index >= 15 is 0 Å². The van der Waals surface area contributed by atoms with Crippen LogP contribution < -0.4 is 16.2 Å². The lowest BCUT2D eigenvalue weighted by Gasteiger charge is -2.22. The van der Waals surface area contributed by atoms with E-state index in [9.17, 15) is 29.1 Å². The molecule has 182 valence electrons. The van der Waals surface area contributed by atoms with Crippen molar-refractivity contribution in [2.24, 2.45) is 0 Å². The maximum absolute atomic E-state index is 13.0. The molecular formula is C23H28N4O6S. The number of hydrogen-bond donors (Lipinski definition) is 3. The molecule has 0 saturated heterocycles. The molecule has 2 rings (SSSR count). The number of carbonyl (C=O) groups excluding carboxylic acids is 3. The van der Waals surface area contributed by atoms with Crippen molar-refractivity contribution in [3.05, 3.63) is 58.6 Å². The number of aromatic nitrogens is 2. The van der Waals surface area contributed by atoms with Crippen LogP contribution >= 0.6 is 11.8 Å². The molecule has 0 aliphatic carbocycles. The Kier molecular flexibility index (Phi) is 10.5. The number of carboxylic acid groups (broad SMARTS) is 1. The third kappa shape index (κ3) is 8.14. The minimum absolute atomic E-state index is 0.0260. The van der Waals surface area contributed by atoms with Gasteiger partial charge in [0, 0.05) is 18.1 Å². The zero-order valence-corrected chi connectivity index (χ0v) is 19.8. The van der Waals surface area contributed by atoms with Crippen molar-refractivity contribution in [2.45, 2.75) is 44.5 Å². The van der Waals surface area contributed by atoms with Crippen molar-refractivity contribution in [3.8, 4) is 0 Å². The van der Waals surface area contributed by atoms with Gasteiger partial charge < -0.3 is 15.7 Å². The number of rotatable bonds is 14. The summed E-state index contributed by atoms with van der Waals surface area (Å²) in [4.78, 5) is 64.8. The molecule has 1 heterocycles.